The molecule has 1 aliphatic rings. The zero-order valence-corrected chi connectivity index (χ0v) is 10.9. The van der Waals surface area contributed by atoms with Crippen LogP contribution in [-0.4, -0.2) is 23.6 Å². The Morgan fingerprint density at radius 1 is 1.17 bits per heavy atom. The van der Waals surface area contributed by atoms with Crippen LogP contribution in [-0.2, 0) is 19.7 Å². The number of hydrogen-bond acceptors (Lipinski definition) is 2. The van der Waals surface area contributed by atoms with Crippen molar-refractivity contribution in [2.24, 2.45) is 0 Å². The van der Waals surface area contributed by atoms with Crippen LogP contribution in [0.1, 0.15) is 17.0 Å². The lowest BCUT2D eigenvalue weighted by Gasteiger charge is -2.14. The number of fused-ring (bicyclic) bond motifs is 2. The van der Waals surface area contributed by atoms with Crippen LogP contribution in [0.4, 0.5) is 0 Å². The van der Waals surface area contributed by atoms with Crippen LogP contribution < -0.4 is 4.74 Å². The normalized spacial score (nSPS) is 13.7. The van der Waals surface area contributed by atoms with E-state index in [1.54, 1.807) is 0 Å². The summed E-state index contributed by atoms with van der Waals surface area (Å²) in [6.07, 6.45) is 0. The lowest BCUT2D eigenvalue weighted by atomic mass is 10.2. The summed E-state index contributed by atoms with van der Waals surface area (Å²) in [7, 11) is 4.20. The lowest BCUT2D eigenvalue weighted by molar-refractivity contribution is 0.302. The third-order valence-electron chi connectivity index (χ3n) is 3.32. The van der Waals surface area contributed by atoms with Crippen LogP contribution in [0.5, 0.6) is 5.75 Å². The molecule has 1 aliphatic heterocycles. The topological polar surface area (TPSA) is 17.4 Å². The van der Waals surface area contributed by atoms with Crippen LogP contribution in [0.3, 0.4) is 0 Å². The maximum atomic E-state index is 5.86. The van der Waals surface area contributed by atoms with Crippen molar-refractivity contribution in [2.75, 3.05) is 14.1 Å². The van der Waals surface area contributed by atoms with E-state index in [0.717, 1.165) is 18.8 Å². The largest absolute Gasteiger partial charge is 0.487 e. The molecule has 0 radical (unpaired) electrons. The fourth-order valence-electron chi connectivity index (χ4n) is 2.45. The van der Waals surface area contributed by atoms with Gasteiger partial charge in [-0.3, -0.25) is 0 Å². The van der Waals surface area contributed by atoms with Crippen molar-refractivity contribution in [2.45, 2.75) is 19.7 Å². The molecule has 0 spiro atoms. The summed E-state index contributed by atoms with van der Waals surface area (Å²) in [5, 5.41) is 0. The Bertz CT molecular complexity index is 557. The van der Waals surface area contributed by atoms with Crippen molar-refractivity contribution in [3.63, 3.8) is 0 Å². The average molecular weight is 242 g/mol. The Morgan fingerprint density at radius 3 is 2.83 bits per heavy atom. The van der Waals surface area contributed by atoms with Gasteiger partial charge in [-0.05, 0) is 32.3 Å². The SMILES string of the molecule is CN(C)Cc1ccc2n1Cc1ccccc1OC2. The van der Waals surface area contributed by atoms with E-state index in [-0.39, 0.29) is 0 Å². The summed E-state index contributed by atoms with van der Waals surface area (Å²) >= 11 is 0. The van der Waals surface area contributed by atoms with E-state index in [4.69, 9.17) is 4.74 Å². The van der Waals surface area contributed by atoms with Gasteiger partial charge in [0.05, 0.1) is 12.2 Å². The second-order valence-corrected chi connectivity index (χ2v) is 5.04. The van der Waals surface area contributed by atoms with Gasteiger partial charge >= 0.3 is 0 Å². The molecule has 0 aliphatic carbocycles. The summed E-state index contributed by atoms with van der Waals surface area (Å²) in [5.74, 6) is 1.01. The highest BCUT2D eigenvalue weighted by Gasteiger charge is 2.16. The van der Waals surface area contributed by atoms with Crippen LogP contribution in [0, 0.1) is 0 Å². The Hall–Kier alpha value is -1.74. The highest BCUT2D eigenvalue weighted by Crippen LogP contribution is 2.26. The molecule has 0 bridgehead atoms. The molecule has 2 heterocycles. The van der Waals surface area contributed by atoms with Crippen molar-refractivity contribution >= 4 is 0 Å². The lowest BCUT2D eigenvalue weighted by Crippen LogP contribution is -2.15. The van der Waals surface area contributed by atoms with Gasteiger partial charge in [0.15, 0.2) is 0 Å². The first-order valence-electron chi connectivity index (χ1n) is 6.27. The Kier molecular flexibility index (Phi) is 2.84. The van der Waals surface area contributed by atoms with Crippen molar-refractivity contribution in [3.05, 3.63) is 53.3 Å². The number of para-hydroxylation sites is 1. The second kappa shape index (κ2) is 4.50. The highest BCUT2D eigenvalue weighted by atomic mass is 16.5. The van der Waals surface area contributed by atoms with Crippen molar-refractivity contribution < 1.29 is 4.74 Å². The maximum Gasteiger partial charge on any atom is 0.128 e. The first-order chi connectivity index (χ1) is 8.74. The van der Waals surface area contributed by atoms with Crippen molar-refractivity contribution in [1.29, 1.82) is 0 Å². The van der Waals surface area contributed by atoms with Gasteiger partial charge in [-0.1, -0.05) is 18.2 Å². The smallest absolute Gasteiger partial charge is 0.128 e. The first-order valence-corrected chi connectivity index (χ1v) is 6.27. The third kappa shape index (κ3) is 2.02. The second-order valence-electron chi connectivity index (χ2n) is 5.04. The monoisotopic (exact) mass is 242 g/mol. The number of aromatic nitrogens is 1. The molecule has 0 saturated carbocycles. The summed E-state index contributed by atoms with van der Waals surface area (Å²) in [4.78, 5) is 2.19. The van der Waals surface area contributed by atoms with E-state index in [0.29, 0.717) is 6.61 Å². The number of benzene rings is 1. The molecule has 3 rings (SSSR count). The predicted octanol–water partition coefficient (Wildman–Crippen LogP) is 2.49. The molecule has 0 amide bonds. The minimum absolute atomic E-state index is 0.657. The van der Waals surface area contributed by atoms with E-state index in [1.165, 1.54) is 17.0 Å². The molecular formula is C15H18N2O. The minimum atomic E-state index is 0.657. The van der Waals surface area contributed by atoms with Gasteiger partial charge in [-0.15, -0.1) is 0 Å². The number of ether oxygens (including phenoxy) is 1. The first kappa shape index (κ1) is 11.4. The van der Waals surface area contributed by atoms with Crippen molar-refractivity contribution in [3.8, 4) is 5.75 Å². The van der Waals surface area contributed by atoms with E-state index >= 15 is 0 Å². The fourth-order valence-corrected chi connectivity index (χ4v) is 2.45. The summed E-state index contributed by atoms with van der Waals surface area (Å²) in [6, 6.07) is 12.7. The molecule has 18 heavy (non-hydrogen) atoms. The number of rotatable bonds is 2. The van der Waals surface area contributed by atoms with Gasteiger partial charge in [0.2, 0.25) is 0 Å². The molecule has 0 saturated heterocycles. The van der Waals surface area contributed by atoms with Crippen molar-refractivity contribution in [1.82, 2.24) is 9.47 Å². The molecule has 0 atom stereocenters. The van der Waals surface area contributed by atoms with Gasteiger partial charge in [-0.25, -0.2) is 0 Å². The van der Waals surface area contributed by atoms with Gasteiger partial charge < -0.3 is 14.2 Å². The quantitative estimate of drug-likeness (QED) is 0.805. The van der Waals surface area contributed by atoms with E-state index in [2.05, 4.69) is 47.8 Å². The maximum absolute atomic E-state index is 5.86. The van der Waals surface area contributed by atoms with Gasteiger partial charge in [0, 0.05) is 17.8 Å². The highest BCUT2D eigenvalue weighted by molar-refractivity contribution is 5.36. The molecule has 0 unspecified atom stereocenters. The molecule has 0 N–H and O–H groups in total. The summed E-state index contributed by atoms with van der Waals surface area (Å²) in [5.41, 5.74) is 3.85. The van der Waals surface area contributed by atoms with E-state index in [9.17, 15) is 0 Å². The van der Waals surface area contributed by atoms with E-state index < -0.39 is 0 Å². The average Bonchev–Trinajstić information content (AvgIpc) is 2.60. The molecular weight excluding hydrogens is 224 g/mol. The van der Waals surface area contributed by atoms with Gasteiger partial charge in [0.1, 0.15) is 12.4 Å². The zero-order chi connectivity index (χ0) is 12.5. The van der Waals surface area contributed by atoms with E-state index in [1.807, 2.05) is 12.1 Å². The molecule has 2 aromatic rings. The molecule has 94 valence electrons. The van der Waals surface area contributed by atoms with Crippen LogP contribution in [0.15, 0.2) is 36.4 Å². The number of hydrogen-bond donors (Lipinski definition) is 0. The molecule has 3 heteroatoms. The summed E-state index contributed by atoms with van der Waals surface area (Å²) < 4.78 is 8.23. The Morgan fingerprint density at radius 2 is 2.00 bits per heavy atom. The van der Waals surface area contributed by atoms with Crippen LogP contribution in [0.25, 0.3) is 0 Å². The van der Waals surface area contributed by atoms with Crippen LogP contribution in [0.2, 0.25) is 0 Å². The van der Waals surface area contributed by atoms with Crippen LogP contribution >= 0.6 is 0 Å². The standard InChI is InChI=1S/C15H18N2O/c1-16(2)10-13-7-8-14-11-18-15-6-4-3-5-12(15)9-17(13)14/h3-8H,9-11H2,1-2H3. The molecule has 0 fully saturated rings. The van der Waals surface area contributed by atoms with Gasteiger partial charge in [0.25, 0.3) is 0 Å². The zero-order valence-electron chi connectivity index (χ0n) is 10.9. The molecule has 3 nitrogen and oxygen atoms in total. The Balaban J connectivity index is 1.98. The minimum Gasteiger partial charge on any atom is -0.487 e. The fraction of sp³-hybridized carbons (Fsp3) is 0.333. The molecule has 1 aromatic carbocycles. The predicted molar refractivity (Wildman–Crippen MR) is 71.7 cm³/mol. The summed E-state index contributed by atoms with van der Waals surface area (Å²) in [6.45, 7) is 2.52. The van der Waals surface area contributed by atoms with Gasteiger partial charge in [-0.2, -0.15) is 0 Å². The number of nitrogens with zero attached hydrogens (tertiary/aromatic N) is 2. The third-order valence-corrected chi connectivity index (χ3v) is 3.32. The Labute approximate surface area is 108 Å². The molecule has 1 aromatic heterocycles.